The Morgan fingerprint density at radius 1 is 1.75 bits per heavy atom. The maximum absolute atomic E-state index is 4.32. The van der Waals surface area contributed by atoms with E-state index in [9.17, 15) is 0 Å². The normalized spacial score (nSPS) is 16.8. The quantitative estimate of drug-likeness (QED) is 0.856. The van der Waals surface area contributed by atoms with Gasteiger partial charge in [0.25, 0.3) is 0 Å². The van der Waals surface area contributed by atoms with Crippen LogP contribution in [0, 0.1) is 0 Å². The van der Waals surface area contributed by atoms with Crippen LogP contribution >= 0.6 is 15.9 Å². The lowest BCUT2D eigenvalue weighted by Crippen LogP contribution is -2.11. The molecule has 1 aromatic rings. The summed E-state index contributed by atoms with van der Waals surface area (Å²) in [5.74, 6) is 1.13. The van der Waals surface area contributed by atoms with Gasteiger partial charge in [-0.25, -0.2) is 4.98 Å². The lowest BCUT2D eigenvalue weighted by atomic mass is 10.5. The molecule has 1 heterocycles. The molecular formula is C8H12BrN3. The molecule has 1 aliphatic carbocycles. The Hall–Kier alpha value is -0.350. The van der Waals surface area contributed by atoms with E-state index in [0.717, 1.165) is 17.0 Å². The highest BCUT2D eigenvalue weighted by Gasteiger charge is 2.27. The van der Waals surface area contributed by atoms with Gasteiger partial charge in [-0.3, -0.25) is 0 Å². The molecule has 0 radical (unpaired) electrons. The van der Waals surface area contributed by atoms with E-state index in [0.29, 0.717) is 6.04 Å². The molecule has 0 amide bonds. The van der Waals surface area contributed by atoms with Crippen molar-refractivity contribution in [2.45, 2.75) is 25.4 Å². The molecule has 0 unspecified atom stereocenters. The first-order chi connectivity index (χ1) is 5.83. The smallest absolute Gasteiger partial charge is 0.123 e. The van der Waals surface area contributed by atoms with E-state index in [-0.39, 0.29) is 0 Å². The van der Waals surface area contributed by atoms with Crippen molar-refractivity contribution in [2.24, 2.45) is 0 Å². The molecule has 0 spiro atoms. The predicted octanol–water partition coefficient (Wildman–Crippen LogP) is 1.70. The van der Waals surface area contributed by atoms with Crippen molar-refractivity contribution < 1.29 is 0 Å². The molecule has 66 valence electrons. The lowest BCUT2D eigenvalue weighted by molar-refractivity contribution is 0.636. The van der Waals surface area contributed by atoms with Crippen LogP contribution in [0.5, 0.6) is 0 Å². The Labute approximate surface area is 80.3 Å². The third-order valence-electron chi connectivity index (χ3n) is 2.08. The van der Waals surface area contributed by atoms with Crippen LogP contribution in [0.15, 0.2) is 10.8 Å². The van der Waals surface area contributed by atoms with Gasteiger partial charge in [-0.2, -0.15) is 0 Å². The molecule has 0 saturated heterocycles. The molecule has 1 aliphatic rings. The fourth-order valence-electron chi connectivity index (χ4n) is 1.38. The van der Waals surface area contributed by atoms with E-state index >= 15 is 0 Å². The first-order valence-corrected chi connectivity index (χ1v) is 4.98. The second-order valence-corrected chi connectivity index (χ2v) is 3.94. The minimum atomic E-state index is 0.699. The molecule has 0 bridgehead atoms. The van der Waals surface area contributed by atoms with Crippen molar-refractivity contribution in [3.8, 4) is 0 Å². The zero-order valence-corrected chi connectivity index (χ0v) is 8.63. The fourth-order valence-corrected chi connectivity index (χ4v) is 1.98. The monoisotopic (exact) mass is 229 g/mol. The number of nitrogens with one attached hydrogen (secondary N) is 1. The maximum atomic E-state index is 4.32. The number of aromatic nitrogens is 2. The van der Waals surface area contributed by atoms with Crippen molar-refractivity contribution in [1.29, 1.82) is 0 Å². The first kappa shape index (κ1) is 8.26. The van der Waals surface area contributed by atoms with Crippen LogP contribution in [-0.2, 0) is 6.54 Å². The summed E-state index contributed by atoms with van der Waals surface area (Å²) in [5, 5.41) is 3.12. The van der Waals surface area contributed by atoms with Gasteiger partial charge in [0.15, 0.2) is 0 Å². The molecule has 1 N–H and O–H groups in total. The summed E-state index contributed by atoms with van der Waals surface area (Å²) >= 11 is 3.50. The molecule has 12 heavy (non-hydrogen) atoms. The van der Waals surface area contributed by atoms with E-state index in [4.69, 9.17) is 0 Å². The standard InChI is InChI=1S/C8H12BrN3/c1-10-5-8-11-4-7(9)12(8)6-2-3-6/h4,6,10H,2-3,5H2,1H3. The van der Waals surface area contributed by atoms with Gasteiger partial charge in [0.2, 0.25) is 0 Å². The minimum Gasteiger partial charge on any atom is -0.319 e. The lowest BCUT2D eigenvalue weighted by Gasteiger charge is -2.06. The summed E-state index contributed by atoms with van der Waals surface area (Å²) in [6.07, 6.45) is 4.47. The summed E-state index contributed by atoms with van der Waals surface area (Å²) in [4.78, 5) is 4.32. The summed E-state index contributed by atoms with van der Waals surface area (Å²) in [5.41, 5.74) is 0. The number of hydrogen-bond acceptors (Lipinski definition) is 2. The zero-order valence-electron chi connectivity index (χ0n) is 7.05. The van der Waals surface area contributed by atoms with Crippen molar-refractivity contribution in [3.05, 3.63) is 16.6 Å². The Morgan fingerprint density at radius 2 is 2.50 bits per heavy atom. The SMILES string of the molecule is CNCc1ncc(Br)n1C1CC1. The van der Waals surface area contributed by atoms with Crippen molar-refractivity contribution in [2.75, 3.05) is 7.05 Å². The third-order valence-corrected chi connectivity index (χ3v) is 2.66. The van der Waals surface area contributed by atoms with Gasteiger partial charge in [0.05, 0.1) is 12.7 Å². The van der Waals surface area contributed by atoms with Crippen LogP contribution < -0.4 is 5.32 Å². The number of rotatable bonds is 3. The molecule has 0 atom stereocenters. The summed E-state index contributed by atoms with van der Waals surface area (Å²) in [6.45, 7) is 0.849. The third kappa shape index (κ3) is 1.41. The summed E-state index contributed by atoms with van der Waals surface area (Å²) in [7, 11) is 1.94. The Balaban J connectivity index is 2.27. The second-order valence-electron chi connectivity index (χ2n) is 3.13. The molecule has 4 heteroatoms. The van der Waals surface area contributed by atoms with Crippen molar-refractivity contribution >= 4 is 15.9 Å². The van der Waals surface area contributed by atoms with Gasteiger partial charge in [-0.15, -0.1) is 0 Å². The topological polar surface area (TPSA) is 29.9 Å². The molecule has 0 aromatic carbocycles. The molecule has 3 nitrogen and oxygen atoms in total. The number of imidazole rings is 1. The second kappa shape index (κ2) is 3.18. The van der Waals surface area contributed by atoms with Crippen LogP contribution in [0.25, 0.3) is 0 Å². The first-order valence-electron chi connectivity index (χ1n) is 4.19. The van der Waals surface area contributed by atoms with Crippen LogP contribution in [-0.4, -0.2) is 16.6 Å². The largest absolute Gasteiger partial charge is 0.319 e. The van der Waals surface area contributed by atoms with Gasteiger partial charge >= 0.3 is 0 Å². The predicted molar refractivity (Wildman–Crippen MR) is 51.0 cm³/mol. The van der Waals surface area contributed by atoms with Crippen LogP contribution in [0.4, 0.5) is 0 Å². The van der Waals surface area contributed by atoms with Crippen LogP contribution in [0.3, 0.4) is 0 Å². The Bertz CT molecular complexity index is 278. The van der Waals surface area contributed by atoms with Crippen molar-refractivity contribution in [3.63, 3.8) is 0 Å². The van der Waals surface area contributed by atoms with Gasteiger partial charge < -0.3 is 9.88 Å². The number of hydrogen-bond donors (Lipinski definition) is 1. The number of halogens is 1. The molecule has 2 rings (SSSR count). The molecule has 1 aromatic heterocycles. The van der Waals surface area contributed by atoms with Crippen LogP contribution in [0.1, 0.15) is 24.7 Å². The average Bonchev–Trinajstić information content (AvgIpc) is 2.80. The average molecular weight is 230 g/mol. The molecule has 1 saturated carbocycles. The maximum Gasteiger partial charge on any atom is 0.123 e. The highest BCUT2D eigenvalue weighted by atomic mass is 79.9. The van der Waals surface area contributed by atoms with Gasteiger partial charge in [-0.1, -0.05) is 0 Å². The minimum absolute atomic E-state index is 0.699. The van der Waals surface area contributed by atoms with E-state index in [1.54, 1.807) is 0 Å². The van der Waals surface area contributed by atoms with Gasteiger partial charge in [-0.05, 0) is 35.8 Å². The molecule has 1 fully saturated rings. The van der Waals surface area contributed by atoms with Crippen molar-refractivity contribution in [1.82, 2.24) is 14.9 Å². The van der Waals surface area contributed by atoms with E-state index in [2.05, 4.69) is 30.8 Å². The zero-order chi connectivity index (χ0) is 8.55. The molecular weight excluding hydrogens is 218 g/mol. The van der Waals surface area contributed by atoms with Gasteiger partial charge in [0, 0.05) is 6.04 Å². The van der Waals surface area contributed by atoms with Gasteiger partial charge in [0.1, 0.15) is 10.4 Å². The van der Waals surface area contributed by atoms with E-state index in [1.165, 1.54) is 12.8 Å². The van der Waals surface area contributed by atoms with Crippen LogP contribution in [0.2, 0.25) is 0 Å². The highest BCUT2D eigenvalue weighted by molar-refractivity contribution is 9.10. The highest BCUT2D eigenvalue weighted by Crippen LogP contribution is 2.38. The van der Waals surface area contributed by atoms with E-state index < -0.39 is 0 Å². The molecule has 0 aliphatic heterocycles. The number of nitrogens with zero attached hydrogens (tertiary/aromatic N) is 2. The fraction of sp³-hybridized carbons (Fsp3) is 0.625. The summed E-state index contributed by atoms with van der Waals surface area (Å²) in [6, 6.07) is 0.699. The van der Waals surface area contributed by atoms with E-state index in [1.807, 2.05) is 13.2 Å². The Morgan fingerprint density at radius 3 is 3.08 bits per heavy atom. The summed E-state index contributed by atoms with van der Waals surface area (Å²) < 4.78 is 3.38. The Kier molecular flexibility index (Phi) is 2.19.